The minimum atomic E-state index is -0.221. The van der Waals surface area contributed by atoms with Crippen molar-refractivity contribution < 1.29 is 23.8 Å². The summed E-state index contributed by atoms with van der Waals surface area (Å²) in [5.74, 6) is 1.18. The standard InChI is InChI=1S/C26H37NO5/c1-15-18-6-9-26(22(15)31-17(3)29)20(12-18)25-8-5-7-24(4)14-27(10-11-30-16(2)28)23(25)32-21(26)13-19(24)25/h18-23H,1,5-14H2,2-4H3/t18-,19+,20-,21+,22-,23+,24-,25?,26+/m0/s1. The van der Waals surface area contributed by atoms with E-state index >= 15 is 0 Å². The van der Waals surface area contributed by atoms with Gasteiger partial charge in [0.05, 0.1) is 6.10 Å². The monoisotopic (exact) mass is 443 g/mol. The summed E-state index contributed by atoms with van der Waals surface area (Å²) < 4.78 is 18.4. The SMILES string of the molecule is C=C1[C@H]2CC[C@@]3([C@H]4C[C@H]5C6(CCC[C@@]5(C)CN(CCOC(C)=O)[C@@H]6O4)[C@@H]3C2)[C@H]1OC(C)=O. The lowest BCUT2D eigenvalue weighted by atomic mass is 9.32. The van der Waals surface area contributed by atoms with Gasteiger partial charge < -0.3 is 14.2 Å². The average Bonchev–Trinajstić information content (AvgIpc) is 2.73. The molecular formula is C26H37NO5. The van der Waals surface area contributed by atoms with Crippen LogP contribution < -0.4 is 0 Å². The first-order valence-electron chi connectivity index (χ1n) is 12.6. The predicted octanol–water partition coefficient (Wildman–Crippen LogP) is 3.69. The van der Waals surface area contributed by atoms with Gasteiger partial charge in [0, 0.05) is 37.8 Å². The van der Waals surface area contributed by atoms with Gasteiger partial charge in [-0.25, -0.2) is 0 Å². The molecule has 2 spiro atoms. The number of hydrogen-bond acceptors (Lipinski definition) is 6. The molecular weight excluding hydrogens is 406 g/mol. The topological polar surface area (TPSA) is 65.1 Å². The molecule has 0 aromatic heterocycles. The molecule has 1 unspecified atom stereocenters. The van der Waals surface area contributed by atoms with Crippen LogP contribution in [0.2, 0.25) is 0 Å². The molecule has 0 radical (unpaired) electrons. The Morgan fingerprint density at radius 2 is 1.94 bits per heavy atom. The maximum Gasteiger partial charge on any atom is 0.303 e. The van der Waals surface area contributed by atoms with Gasteiger partial charge in [-0.2, -0.15) is 0 Å². The van der Waals surface area contributed by atoms with Gasteiger partial charge in [-0.15, -0.1) is 0 Å². The highest BCUT2D eigenvalue weighted by Gasteiger charge is 2.79. The van der Waals surface area contributed by atoms with Gasteiger partial charge in [0.15, 0.2) is 0 Å². The number of nitrogens with zero attached hydrogens (tertiary/aromatic N) is 1. The summed E-state index contributed by atoms with van der Waals surface area (Å²) in [7, 11) is 0. The normalized spacial score (nSPS) is 50.7. The van der Waals surface area contributed by atoms with Crippen LogP contribution in [0.5, 0.6) is 0 Å². The fourth-order valence-corrected chi connectivity index (χ4v) is 9.80. The highest BCUT2D eigenvalue weighted by atomic mass is 16.6. The van der Waals surface area contributed by atoms with Gasteiger partial charge >= 0.3 is 11.9 Å². The number of esters is 2. The van der Waals surface area contributed by atoms with Crippen LogP contribution in [0, 0.1) is 34.0 Å². The number of hydrogen-bond donors (Lipinski definition) is 0. The molecule has 5 saturated carbocycles. The van der Waals surface area contributed by atoms with E-state index < -0.39 is 0 Å². The van der Waals surface area contributed by atoms with E-state index in [9.17, 15) is 9.59 Å². The number of rotatable bonds is 4. The number of carbonyl (C=O) groups excluding carboxylic acids is 2. The molecule has 0 aromatic carbocycles. The van der Waals surface area contributed by atoms with E-state index in [0.717, 1.165) is 44.3 Å². The molecule has 8 rings (SSSR count). The van der Waals surface area contributed by atoms with Gasteiger partial charge in [-0.1, -0.05) is 19.9 Å². The zero-order valence-electron chi connectivity index (χ0n) is 19.7. The zero-order valence-corrected chi connectivity index (χ0v) is 19.7. The average molecular weight is 444 g/mol. The van der Waals surface area contributed by atoms with Crippen LogP contribution in [0.25, 0.3) is 0 Å². The summed E-state index contributed by atoms with van der Waals surface area (Å²) in [6.07, 6.45) is 8.13. The Morgan fingerprint density at radius 3 is 2.69 bits per heavy atom. The van der Waals surface area contributed by atoms with E-state index in [4.69, 9.17) is 14.2 Å². The van der Waals surface area contributed by atoms with Crippen LogP contribution in [0.1, 0.15) is 65.7 Å². The number of carbonyl (C=O) groups is 2. The summed E-state index contributed by atoms with van der Waals surface area (Å²) in [6.45, 7) is 12.1. The molecule has 32 heavy (non-hydrogen) atoms. The quantitative estimate of drug-likeness (QED) is 0.488. The van der Waals surface area contributed by atoms with Crippen molar-refractivity contribution in [2.75, 3.05) is 19.7 Å². The summed E-state index contributed by atoms with van der Waals surface area (Å²) in [6, 6.07) is 0. The summed E-state index contributed by atoms with van der Waals surface area (Å²) in [5.41, 5.74) is 1.36. The fraction of sp³-hybridized carbons (Fsp3) is 0.846. The molecule has 7 bridgehead atoms. The van der Waals surface area contributed by atoms with E-state index in [-0.39, 0.29) is 46.6 Å². The molecule has 6 nitrogen and oxygen atoms in total. The van der Waals surface area contributed by atoms with Crippen molar-refractivity contribution >= 4 is 11.9 Å². The lowest BCUT2D eigenvalue weighted by molar-refractivity contribution is -0.405. The molecule has 3 saturated heterocycles. The second kappa shape index (κ2) is 6.82. The Kier molecular flexibility index (Phi) is 4.51. The number of likely N-dealkylation sites (tertiary alicyclic amines) is 1. The molecule has 6 heteroatoms. The minimum Gasteiger partial charge on any atom is -0.465 e. The fourth-order valence-electron chi connectivity index (χ4n) is 9.80. The van der Waals surface area contributed by atoms with E-state index in [1.54, 1.807) is 0 Å². The molecule has 5 aliphatic carbocycles. The first-order chi connectivity index (χ1) is 15.2. The molecule has 0 amide bonds. The molecule has 3 aliphatic heterocycles. The first kappa shape index (κ1) is 21.2. The van der Waals surface area contributed by atoms with Gasteiger partial charge in [0.2, 0.25) is 0 Å². The third-order valence-electron chi connectivity index (χ3n) is 10.6. The van der Waals surface area contributed by atoms with Crippen molar-refractivity contribution in [2.45, 2.75) is 84.2 Å². The van der Waals surface area contributed by atoms with Crippen molar-refractivity contribution in [3.05, 3.63) is 12.2 Å². The van der Waals surface area contributed by atoms with Crippen molar-refractivity contribution in [3.63, 3.8) is 0 Å². The van der Waals surface area contributed by atoms with Crippen LogP contribution in [-0.2, 0) is 23.8 Å². The highest BCUT2D eigenvalue weighted by Crippen LogP contribution is 2.78. The molecule has 176 valence electrons. The third-order valence-corrected chi connectivity index (χ3v) is 10.6. The van der Waals surface area contributed by atoms with Gasteiger partial charge in [0.1, 0.15) is 18.9 Å². The first-order valence-corrected chi connectivity index (χ1v) is 12.6. The minimum absolute atomic E-state index is 0.0800. The van der Waals surface area contributed by atoms with Crippen LogP contribution in [0.15, 0.2) is 12.2 Å². The van der Waals surface area contributed by atoms with Crippen molar-refractivity contribution in [1.29, 1.82) is 0 Å². The van der Waals surface area contributed by atoms with Gasteiger partial charge in [-0.05, 0) is 67.3 Å². The molecule has 9 atom stereocenters. The van der Waals surface area contributed by atoms with Crippen LogP contribution in [-0.4, -0.2) is 55.0 Å². The molecule has 8 fully saturated rings. The molecule has 3 heterocycles. The summed E-state index contributed by atoms with van der Waals surface area (Å²) >= 11 is 0. The number of ether oxygens (including phenoxy) is 3. The van der Waals surface area contributed by atoms with E-state index in [2.05, 4.69) is 18.4 Å². The van der Waals surface area contributed by atoms with Crippen molar-refractivity contribution in [2.24, 2.45) is 34.0 Å². The van der Waals surface area contributed by atoms with Crippen molar-refractivity contribution in [3.8, 4) is 0 Å². The molecule has 0 aromatic rings. The number of piperidine rings is 1. The van der Waals surface area contributed by atoms with Crippen molar-refractivity contribution in [1.82, 2.24) is 4.90 Å². The van der Waals surface area contributed by atoms with Crippen LogP contribution >= 0.6 is 0 Å². The van der Waals surface area contributed by atoms with E-state index in [1.807, 2.05) is 0 Å². The Morgan fingerprint density at radius 1 is 1.12 bits per heavy atom. The lowest BCUT2D eigenvalue weighted by Crippen LogP contribution is -2.82. The van der Waals surface area contributed by atoms with Gasteiger partial charge in [0.25, 0.3) is 0 Å². The molecule has 8 aliphatic rings. The maximum absolute atomic E-state index is 12.1. The zero-order chi connectivity index (χ0) is 22.5. The Balaban J connectivity index is 1.42. The Hall–Kier alpha value is -1.40. The lowest BCUT2D eigenvalue weighted by Gasteiger charge is -2.79. The van der Waals surface area contributed by atoms with Crippen LogP contribution in [0.3, 0.4) is 0 Å². The smallest absolute Gasteiger partial charge is 0.303 e. The highest BCUT2D eigenvalue weighted by molar-refractivity contribution is 5.67. The second-order valence-corrected chi connectivity index (χ2v) is 11.9. The largest absolute Gasteiger partial charge is 0.465 e. The summed E-state index contributed by atoms with van der Waals surface area (Å²) in [5, 5.41) is 0. The number of fused-ring (bicyclic) bond motifs is 2. The van der Waals surface area contributed by atoms with E-state index in [1.165, 1.54) is 33.1 Å². The Labute approximate surface area is 191 Å². The predicted molar refractivity (Wildman–Crippen MR) is 117 cm³/mol. The molecule has 0 N–H and O–H groups in total. The van der Waals surface area contributed by atoms with Gasteiger partial charge in [-0.3, -0.25) is 14.5 Å². The Bertz CT molecular complexity index is 872. The second-order valence-electron chi connectivity index (χ2n) is 11.9. The van der Waals surface area contributed by atoms with Crippen LogP contribution in [0.4, 0.5) is 0 Å². The third kappa shape index (κ3) is 2.49. The summed E-state index contributed by atoms with van der Waals surface area (Å²) in [4.78, 5) is 26.0. The maximum atomic E-state index is 12.1. The van der Waals surface area contributed by atoms with E-state index in [0.29, 0.717) is 24.4 Å².